The predicted octanol–water partition coefficient (Wildman–Crippen LogP) is 0.210. The van der Waals surface area contributed by atoms with E-state index in [1.807, 2.05) is 31.5 Å². The Morgan fingerprint density at radius 2 is 1.86 bits per heavy atom. The molecule has 0 aromatic carbocycles. The van der Waals surface area contributed by atoms with Crippen molar-refractivity contribution < 1.29 is 8.42 Å². The third kappa shape index (κ3) is 10.5. The number of hydrogen-bond donors (Lipinski definition) is 3. The van der Waals surface area contributed by atoms with Crippen LogP contribution in [-0.2, 0) is 16.6 Å². The van der Waals surface area contributed by atoms with Crippen molar-refractivity contribution in [2.45, 2.75) is 13.5 Å². The summed E-state index contributed by atoms with van der Waals surface area (Å²) in [6.45, 7) is 5.03. The zero-order valence-corrected chi connectivity index (χ0v) is 15.5. The van der Waals surface area contributed by atoms with Crippen LogP contribution in [0, 0.1) is 0 Å². The second kappa shape index (κ2) is 10.9. The summed E-state index contributed by atoms with van der Waals surface area (Å²) >= 11 is 0. The molecule has 1 aromatic heterocycles. The van der Waals surface area contributed by atoms with Crippen LogP contribution in [-0.4, -0.2) is 51.4 Å². The summed E-state index contributed by atoms with van der Waals surface area (Å²) in [5.41, 5.74) is 0. The van der Waals surface area contributed by atoms with E-state index in [9.17, 15) is 8.42 Å². The lowest BCUT2D eigenvalue weighted by Crippen LogP contribution is -2.39. The van der Waals surface area contributed by atoms with Gasteiger partial charge in [-0.25, -0.2) is 13.1 Å². The second-order valence-corrected chi connectivity index (χ2v) is 6.11. The first-order valence-electron chi connectivity index (χ1n) is 6.59. The molecule has 0 aliphatic rings. The SMILES string of the molecule is CCNC(=NCCNS(C)(=O)=O)NCCn1cccc1.I. The van der Waals surface area contributed by atoms with E-state index >= 15 is 0 Å². The molecule has 0 unspecified atom stereocenters. The smallest absolute Gasteiger partial charge is 0.208 e. The quantitative estimate of drug-likeness (QED) is 0.239. The van der Waals surface area contributed by atoms with E-state index in [-0.39, 0.29) is 24.0 Å². The molecular weight excluding hydrogens is 405 g/mol. The minimum atomic E-state index is -3.14. The molecule has 0 fully saturated rings. The van der Waals surface area contributed by atoms with Gasteiger partial charge in [-0.2, -0.15) is 0 Å². The molecule has 1 aromatic rings. The summed E-state index contributed by atoms with van der Waals surface area (Å²) in [6, 6.07) is 3.96. The molecule has 0 atom stereocenters. The highest BCUT2D eigenvalue weighted by molar-refractivity contribution is 14.0. The molecule has 0 bridgehead atoms. The molecule has 0 amide bonds. The van der Waals surface area contributed by atoms with Gasteiger partial charge < -0.3 is 15.2 Å². The van der Waals surface area contributed by atoms with Gasteiger partial charge in [-0.05, 0) is 19.1 Å². The summed E-state index contributed by atoms with van der Waals surface area (Å²) in [5, 5.41) is 6.31. The van der Waals surface area contributed by atoms with Gasteiger partial charge >= 0.3 is 0 Å². The average Bonchev–Trinajstić information content (AvgIpc) is 2.86. The minimum Gasteiger partial charge on any atom is -0.357 e. The molecular formula is C12H24IN5O2S. The molecule has 3 N–H and O–H groups in total. The van der Waals surface area contributed by atoms with Gasteiger partial charge in [-0.3, -0.25) is 4.99 Å². The zero-order chi connectivity index (χ0) is 14.8. The van der Waals surface area contributed by atoms with Crippen LogP contribution in [0.2, 0.25) is 0 Å². The maximum absolute atomic E-state index is 10.9. The van der Waals surface area contributed by atoms with E-state index < -0.39 is 10.0 Å². The van der Waals surface area contributed by atoms with Crippen molar-refractivity contribution >= 4 is 40.0 Å². The van der Waals surface area contributed by atoms with Crippen molar-refractivity contribution in [3.8, 4) is 0 Å². The molecule has 0 radical (unpaired) electrons. The first-order chi connectivity index (χ1) is 9.51. The largest absolute Gasteiger partial charge is 0.357 e. The lowest BCUT2D eigenvalue weighted by Gasteiger charge is -2.11. The van der Waals surface area contributed by atoms with Gasteiger partial charge in [0.2, 0.25) is 10.0 Å². The third-order valence-electron chi connectivity index (χ3n) is 2.42. The monoisotopic (exact) mass is 429 g/mol. The zero-order valence-electron chi connectivity index (χ0n) is 12.4. The topological polar surface area (TPSA) is 87.5 Å². The Morgan fingerprint density at radius 3 is 2.43 bits per heavy atom. The van der Waals surface area contributed by atoms with Gasteiger partial charge in [0.05, 0.1) is 12.8 Å². The van der Waals surface area contributed by atoms with Crippen molar-refractivity contribution in [3.05, 3.63) is 24.5 Å². The Balaban J connectivity index is 0.00000400. The van der Waals surface area contributed by atoms with Crippen LogP contribution in [0.25, 0.3) is 0 Å². The van der Waals surface area contributed by atoms with Crippen LogP contribution in [0.15, 0.2) is 29.5 Å². The van der Waals surface area contributed by atoms with Gasteiger partial charge in [0.25, 0.3) is 0 Å². The Kier molecular flexibility index (Phi) is 10.4. The maximum Gasteiger partial charge on any atom is 0.208 e. The molecule has 21 heavy (non-hydrogen) atoms. The second-order valence-electron chi connectivity index (χ2n) is 4.27. The van der Waals surface area contributed by atoms with E-state index in [1.54, 1.807) is 0 Å². The van der Waals surface area contributed by atoms with Crippen LogP contribution in [0.1, 0.15) is 6.92 Å². The van der Waals surface area contributed by atoms with Crippen molar-refractivity contribution in [2.24, 2.45) is 4.99 Å². The number of halogens is 1. The lowest BCUT2D eigenvalue weighted by molar-refractivity contribution is 0.588. The van der Waals surface area contributed by atoms with Crippen molar-refractivity contribution in [1.29, 1.82) is 0 Å². The Bertz CT molecular complexity index is 502. The summed E-state index contributed by atoms with van der Waals surface area (Å²) < 4.78 is 26.3. The molecule has 1 rings (SSSR count). The maximum atomic E-state index is 10.9. The highest BCUT2D eigenvalue weighted by atomic mass is 127. The number of nitrogens with one attached hydrogen (secondary N) is 3. The van der Waals surface area contributed by atoms with Crippen molar-refractivity contribution in [3.63, 3.8) is 0 Å². The number of rotatable bonds is 8. The molecule has 0 aliphatic carbocycles. The number of aromatic nitrogens is 1. The van der Waals surface area contributed by atoms with E-state index in [0.29, 0.717) is 19.0 Å². The minimum absolute atomic E-state index is 0. The highest BCUT2D eigenvalue weighted by Gasteiger charge is 1.99. The number of aliphatic imine (C=N–C) groups is 1. The number of nitrogens with zero attached hydrogens (tertiary/aromatic N) is 2. The van der Waals surface area contributed by atoms with Crippen molar-refractivity contribution in [2.75, 3.05) is 32.4 Å². The molecule has 0 aliphatic heterocycles. The van der Waals surface area contributed by atoms with Crippen LogP contribution < -0.4 is 15.4 Å². The fourth-order valence-electron chi connectivity index (χ4n) is 1.56. The van der Waals surface area contributed by atoms with E-state index in [1.165, 1.54) is 0 Å². The van der Waals surface area contributed by atoms with E-state index in [0.717, 1.165) is 25.9 Å². The van der Waals surface area contributed by atoms with Crippen molar-refractivity contribution in [1.82, 2.24) is 19.9 Å². The standard InChI is InChI=1S/C12H23N5O2S.HI/c1-3-13-12(14-6-7-16-20(2,18)19)15-8-11-17-9-4-5-10-17;/h4-5,9-10,16H,3,6-8,11H2,1-2H3,(H2,13,14,15);1H. The van der Waals surface area contributed by atoms with Gasteiger partial charge in [-0.1, -0.05) is 0 Å². The molecule has 1 heterocycles. The van der Waals surface area contributed by atoms with E-state index in [4.69, 9.17) is 0 Å². The summed E-state index contributed by atoms with van der Waals surface area (Å²) in [4.78, 5) is 4.29. The van der Waals surface area contributed by atoms with E-state index in [2.05, 4.69) is 24.9 Å². The number of sulfonamides is 1. The molecule has 0 spiro atoms. The Morgan fingerprint density at radius 1 is 1.19 bits per heavy atom. The predicted molar refractivity (Wildman–Crippen MR) is 96.7 cm³/mol. The Hall–Kier alpha value is -0.810. The van der Waals surface area contributed by atoms with Gasteiger partial charge in [0.15, 0.2) is 5.96 Å². The molecule has 0 saturated carbocycles. The van der Waals surface area contributed by atoms with Crippen LogP contribution in [0.4, 0.5) is 0 Å². The van der Waals surface area contributed by atoms with Gasteiger partial charge in [0, 0.05) is 38.6 Å². The molecule has 9 heteroatoms. The molecule has 122 valence electrons. The fourth-order valence-corrected chi connectivity index (χ4v) is 2.03. The normalized spacial score (nSPS) is 11.8. The van der Waals surface area contributed by atoms with Gasteiger partial charge in [-0.15, -0.1) is 24.0 Å². The lowest BCUT2D eigenvalue weighted by atomic mass is 10.6. The number of hydrogen-bond acceptors (Lipinski definition) is 3. The third-order valence-corrected chi connectivity index (χ3v) is 3.15. The summed E-state index contributed by atoms with van der Waals surface area (Å²) in [7, 11) is -3.14. The molecule has 0 saturated heterocycles. The molecule has 7 nitrogen and oxygen atoms in total. The first-order valence-corrected chi connectivity index (χ1v) is 8.48. The Labute approximate surface area is 143 Å². The first kappa shape index (κ1) is 20.2. The van der Waals surface area contributed by atoms with Crippen LogP contribution in [0.5, 0.6) is 0 Å². The number of guanidine groups is 1. The van der Waals surface area contributed by atoms with Crippen LogP contribution in [0.3, 0.4) is 0 Å². The average molecular weight is 429 g/mol. The summed E-state index contributed by atoms with van der Waals surface area (Å²) in [6.07, 6.45) is 5.14. The summed E-state index contributed by atoms with van der Waals surface area (Å²) in [5.74, 6) is 0.690. The van der Waals surface area contributed by atoms with Crippen LogP contribution >= 0.6 is 24.0 Å². The van der Waals surface area contributed by atoms with Gasteiger partial charge in [0.1, 0.15) is 0 Å². The fraction of sp³-hybridized carbons (Fsp3) is 0.583. The highest BCUT2D eigenvalue weighted by Crippen LogP contribution is 1.88.